The van der Waals surface area contributed by atoms with Crippen molar-refractivity contribution < 1.29 is 23.7 Å². The summed E-state index contributed by atoms with van der Waals surface area (Å²) in [5, 5.41) is 9.55. The Morgan fingerprint density at radius 1 is 1.11 bits per heavy atom. The van der Waals surface area contributed by atoms with Crippen LogP contribution in [-0.4, -0.2) is 30.4 Å². The lowest BCUT2D eigenvalue weighted by molar-refractivity contribution is -0.139. The standard InChI is InChI=1S/C35H32ClN3O6S/c1-6-43-34(41)31-21(4)38-35-39(32(31)24-11-13-28(45-20(2)3)29(16-24)42-5)33(40)30(46-35)17-25-15-26(36)12-14-27(25)44-19-23-9-7-22(18-37)8-10-23/h7-17,20,32H,6,19H2,1-5H3/b30-17+/t32-/m1/s1. The number of carbonyl (C=O) groups excluding carboxylic acids is 1. The smallest absolute Gasteiger partial charge is 0.338 e. The molecule has 0 unspecified atom stereocenters. The number of aromatic nitrogens is 1. The molecule has 5 rings (SSSR count). The quantitative estimate of drug-likeness (QED) is 0.201. The lowest BCUT2D eigenvalue weighted by atomic mass is 9.95. The van der Waals surface area contributed by atoms with Gasteiger partial charge in [0.25, 0.3) is 5.56 Å². The summed E-state index contributed by atoms with van der Waals surface area (Å²) in [6.07, 6.45) is 1.63. The molecule has 0 fully saturated rings. The summed E-state index contributed by atoms with van der Waals surface area (Å²) in [5.74, 6) is 0.971. The van der Waals surface area contributed by atoms with E-state index < -0.39 is 12.0 Å². The minimum absolute atomic E-state index is 0.0841. The number of methoxy groups -OCH3 is 1. The van der Waals surface area contributed by atoms with Gasteiger partial charge in [0.1, 0.15) is 12.4 Å². The largest absolute Gasteiger partial charge is 0.493 e. The molecule has 0 spiro atoms. The highest BCUT2D eigenvalue weighted by molar-refractivity contribution is 7.07. The van der Waals surface area contributed by atoms with E-state index in [0.717, 1.165) is 5.56 Å². The minimum Gasteiger partial charge on any atom is -0.493 e. The molecule has 9 nitrogen and oxygen atoms in total. The van der Waals surface area contributed by atoms with E-state index in [1.807, 2.05) is 32.0 Å². The number of nitrogens with zero attached hydrogens (tertiary/aromatic N) is 3. The van der Waals surface area contributed by atoms with Crippen LogP contribution in [0.1, 0.15) is 56.0 Å². The molecule has 4 aromatic rings. The molecule has 1 aliphatic heterocycles. The third-order valence-electron chi connectivity index (χ3n) is 7.12. The van der Waals surface area contributed by atoms with Crippen molar-refractivity contribution in [3.8, 4) is 23.3 Å². The van der Waals surface area contributed by atoms with Crippen LogP contribution in [0, 0.1) is 11.3 Å². The number of thiazole rings is 1. The number of esters is 1. The maximum absolute atomic E-state index is 14.2. The van der Waals surface area contributed by atoms with Crippen LogP contribution in [0.4, 0.5) is 0 Å². The van der Waals surface area contributed by atoms with E-state index in [9.17, 15) is 9.59 Å². The van der Waals surface area contributed by atoms with E-state index in [-0.39, 0.29) is 30.5 Å². The maximum Gasteiger partial charge on any atom is 0.338 e. The molecule has 11 heteroatoms. The summed E-state index contributed by atoms with van der Waals surface area (Å²) in [4.78, 5) is 32.6. The van der Waals surface area contributed by atoms with Gasteiger partial charge in [-0.05, 0) is 87.4 Å². The Bertz CT molecular complexity index is 2040. The first-order chi connectivity index (χ1) is 22.1. The molecular weight excluding hydrogens is 626 g/mol. The van der Waals surface area contributed by atoms with Crippen LogP contribution in [0.25, 0.3) is 6.08 Å². The van der Waals surface area contributed by atoms with Gasteiger partial charge in [-0.2, -0.15) is 5.26 Å². The minimum atomic E-state index is -0.828. The van der Waals surface area contributed by atoms with Gasteiger partial charge < -0.3 is 18.9 Å². The second-order valence-corrected chi connectivity index (χ2v) is 12.1. The molecule has 1 aromatic heterocycles. The lowest BCUT2D eigenvalue weighted by Gasteiger charge is -2.25. The third-order valence-corrected chi connectivity index (χ3v) is 8.34. The topological polar surface area (TPSA) is 112 Å². The van der Waals surface area contributed by atoms with E-state index in [4.69, 9.17) is 35.8 Å². The molecule has 0 aliphatic carbocycles. The Kier molecular flexibility index (Phi) is 9.95. The van der Waals surface area contributed by atoms with Crippen LogP contribution < -0.4 is 29.1 Å². The summed E-state index contributed by atoms with van der Waals surface area (Å²) in [5.41, 5.74) is 3.03. The number of hydrogen-bond donors (Lipinski definition) is 0. The van der Waals surface area contributed by atoms with Gasteiger partial charge in [0.15, 0.2) is 16.3 Å². The molecule has 0 saturated carbocycles. The molecule has 236 valence electrons. The van der Waals surface area contributed by atoms with Crippen molar-refractivity contribution in [1.29, 1.82) is 5.26 Å². The predicted molar refractivity (Wildman–Crippen MR) is 176 cm³/mol. The van der Waals surface area contributed by atoms with Crippen molar-refractivity contribution in [1.82, 2.24) is 4.57 Å². The van der Waals surface area contributed by atoms with Crippen LogP contribution in [0.15, 0.2) is 81.7 Å². The molecular formula is C35H32ClN3O6S. The number of hydrogen-bond acceptors (Lipinski definition) is 9. The third kappa shape index (κ3) is 6.86. The molecule has 2 heterocycles. The first-order valence-electron chi connectivity index (χ1n) is 14.6. The van der Waals surface area contributed by atoms with E-state index in [0.29, 0.717) is 54.0 Å². The Morgan fingerprint density at radius 3 is 2.52 bits per heavy atom. The average molecular weight is 658 g/mol. The van der Waals surface area contributed by atoms with Gasteiger partial charge in [-0.1, -0.05) is 41.1 Å². The van der Waals surface area contributed by atoms with Gasteiger partial charge in [-0.3, -0.25) is 9.36 Å². The molecule has 0 radical (unpaired) electrons. The number of benzene rings is 3. The van der Waals surface area contributed by atoms with Crippen LogP contribution in [0.2, 0.25) is 5.02 Å². The fourth-order valence-electron chi connectivity index (χ4n) is 5.05. The normalized spacial score (nSPS) is 14.4. The number of rotatable bonds is 10. The molecule has 1 atom stereocenters. The van der Waals surface area contributed by atoms with Crippen molar-refractivity contribution >= 4 is 35.0 Å². The molecule has 46 heavy (non-hydrogen) atoms. The number of ether oxygens (including phenoxy) is 4. The molecule has 3 aromatic carbocycles. The molecule has 1 aliphatic rings. The number of fused-ring (bicyclic) bond motifs is 1. The zero-order valence-electron chi connectivity index (χ0n) is 26.0. The molecule has 0 bridgehead atoms. The Morgan fingerprint density at radius 2 is 1.85 bits per heavy atom. The molecule has 0 saturated heterocycles. The number of allylic oxidation sites excluding steroid dienone is 1. The number of halogens is 1. The van der Waals surface area contributed by atoms with Crippen LogP contribution in [0.5, 0.6) is 17.2 Å². The van der Waals surface area contributed by atoms with Crippen molar-refractivity contribution in [2.75, 3.05) is 13.7 Å². The number of carbonyl (C=O) groups is 1. The second kappa shape index (κ2) is 14.1. The summed E-state index contributed by atoms with van der Waals surface area (Å²) in [7, 11) is 1.54. The highest BCUT2D eigenvalue weighted by atomic mass is 35.5. The van der Waals surface area contributed by atoms with Crippen molar-refractivity contribution in [2.45, 2.75) is 46.4 Å². The Balaban J connectivity index is 1.62. The Hall–Kier alpha value is -4.85. The fourth-order valence-corrected chi connectivity index (χ4v) is 6.27. The van der Waals surface area contributed by atoms with Gasteiger partial charge in [0.2, 0.25) is 0 Å². The van der Waals surface area contributed by atoms with Gasteiger partial charge in [0, 0.05) is 10.6 Å². The van der Waals surface area contributed by atoms with Crippen molar-refractivity contribution in [2.24, 2.45) is 4.99 Å². The first kappa shape index (κ1) is 32.5. The zero-order chi connectivity index (χ0) is 33.0. The van der Waals surface area contributed by atoms with E-state index in [1.165, 1.54) is 23.0 Å². The van der Waals surface area contributed by atoms with E-state index in [2.05, 4.69) is 11.1 Å². The zero-order valence-corrected chi connectivity index (χ0v) is 27.6. The van der Waals surface area contributed by atoms with E-state index >= 15 is 0 Å². The van der Waals surface area contributed by atoms with Gasteiger partial charge in [0.05, 0.1) is 53.3 Å². The van der Waals surface area contributed by atoms with Crippen molar-refractivity contribution in [3.63, 3.8) is 0 Å². The van der Waals surface area contributed by atoms with Crippen LogP contribution in [0.3, 0.4) is 0 Å². The first-order valence-corrected chi connectivity index (χ1v) is 15.8. The molecule has 0 amide bonds. The second-order valence-electron chi connectivity index (χ2n) is 10.7. The van der Waals surface area contributed by atoms with Crippen LogP contribution in [-0.2, 0) is 16.1 Å². The van der Waals surface area contributed by atoms with Gasteiger partial charge in [-0.25, -0.2) is 9.79 Å². The summed E-state index contributed by atoms with van der Waals surface area (Å²) >= 11 is 7.57. The van der Waals surface area contributed by atoms with Crippen LogP contribution >= 0.6 is 22.9 Å². The van der Waals surface area contributed by atoms with Crippen molar-refractivity contribution in [3.05, 3.63) is 119 Å². The average Bonchev–Trinajstić information content (AvgIpc) is 3.34. The SMILES string of the molecule is CCOC(=O)C1=C(C)N=c2s/c(=C/c3cc(Cl)ccc3OCc3ccc(C#N)cc3)c(=O)n2[C@@H]1c1ccc(OC(C)C)c(OC)c1. The highest BCUT2D eigenvalue weighted by Gasteiger charge is 2.34. The van der Waals surface area contributed by atoms with E-state index in [1.54, 1.807) is 62.4 Å². The van der Waals surface area contributed by atoms with Gasteiger partial charge >= 0.3 is 5.97 Å². The summed E-state index contributed by atoms with van der Waals surface area (Å²) in [6, 6.07) is 18.9. The Labute approximate surface area is 275 Å². The highest BCUT2D eigenvalue weighted by Crippen LogP contribution is 2.36. The predicted octanol–water partition coefficient (Wildman–Crippen LogP) is 5.70. The molecule has 0 N–H and O–H groups in total. The summed E-state index contributed by atoms with van der Waals surface area (Å²) < 4.78 is 24.9. The fraction of sp³-hybridized carbons (Fsp3) is 0.257. The summed E-state index contributed by atoms with van der Waals surface area (Å²) in [6.45, 7) is 7.70. The lowest BCUT2D eigenvalue weighted by Crippen LogP contribution is -2.40. The maximum atomic E-state index is 14.2. The monoisotopic (exact) mass is 657 g/mol. The van der Waals surface area contributed by atoms with Gasteiger partial charge in [-0.15, -0.1) is 0 Å². The number of nitriles is 1.